The van der Waals surface area contributed by atoms with E-state index in [2.05, 4.69) is 16.7 Å². The Morgan fingerprint density at radius 3 is 3.00 bits per heavy atom. The molecule has 1 atom stereocenters. The fourth-order valence-corrected chi connectivity index (χ4v) is 2.92. The summed E-state index contributed by atoms with van der Waals surface area (Å²) in [7, 11) is 2.02. The molecule has 1 aliphatic rings. The monoisotopic (exact) mass is 266 g/mol. The first-order valence-electron chi connectivity index (χ1n) is 7.00. The van der Waals surface area contributed by atoms with Crippen molar-refractivity contribution in [2.75, 3.05) is 26.7 Å². The van der Waals surface area contributed by atoms with Crippen molar-refractivity contribution >= 4 is 0 Å². The van der Waals surface area contributed by atoms with Gasteiger partial charge in [0.25, 0.3) is 0 Å². The van der Waals surface area contributed by atoms with E-state index in [1.165, 1.54) is 25.5 Å². The lowest BCUT2D eigenvalue weighted by Crippen LogP contribution is -2.38. The summed E-state index contributed by atoms with van der Waals surface area (Å²) in [5.41, 5.74) is 0.656. The first-order chi connectivity index (χ1) is 9.11. The van der Waals surface area contributed by atoms with Gasteiger partial charge in [-0.05, 0) is 39.0 Å². The van der Waals surface area contributed by atoms with Gasteiger partial charge in [0.15, 0.2) is 11.6 Å². The van der Waals surface area contributed by atoms with Gasteiger partial charge in [0, 0.05) is 24.7 Å². The first-order valence-corrected chi connectivity index (χ1v) is 7.00. The predicted octanol–water partition coefficient (Wildman–Crippen LogP) is 2.45. The first kappa shape index (κ1) is 14.3. The molecule has 1 aromatic carbocycles. The Hall–Kier alpha value is -1.13. The summed E-state index contributed by atoms with van der Waals surface area (Å²) in [6.07, 6.45) is 2.49. The van der Waals surface area contributed by atoms with Crippen molar-refractivity contribution in [2.24, 2.45) is 0 Å². The van der Waals surface area contributed by atoms with Crippen LogP contribution in [0.15, 0.2) is 18.2 Å². The van der Waals surface area contributed by atoms with Gasteiger partial charge in [-0.2, -0.15) is 0 Å². The highest BCUT2D eigenvalue weighted by Crippen LogP contribution is 2.23. The molecule has 0 saturated carbocycles. The van der Waals surface area contributed by atoms with Gasteiger partial charge in [0.2, 0.25) is 0 Å². The van der Waals surface area contributed by atoms with Crippen LogP contribution in [0.5, 0.6) is 5.75 Å². The normalized spacial score (nSPS) is 20.3. The lowest BCUT2D eigenvalue weighted by Gasteiger charge is -2.27. The average Bonchev–Trinajstić information content (AvgIpc) is 2.82. The van der Waals surface area contributed by atoms with E-state index in [9.17, 15) is 9.50 Å². The number of aromatic hydroxyl groups is 1. The molecular formula is C15H23FN2O. The molecule has 1 heterocycles. The zero-order valence-corrected chi connectivity index (χ0v) is 11.8. The third kappa shape index (κ3) is 3.45. The van der Waals surface area contributed by atoms with Crippen LogP contribution >= 0.6 is 0 Å². The van der Waals surface area contributed by atoms with Crippen molar-refractivity contribution in [1.82, 2.24) is 9.80 Å². The fourth-order valence-electron chi connectivity index (χ4n) is 2.92. The molecule has 1 fully saturated rings. The minimum absolute atomic E-state index is 0.215. The van der Waals surface area contributed by atoms with Gasteiger partial charge in [-0.3, -0.25) is 4.90 Å². The number of halogens is 1. The Morgan fingerprint density at radius 1 is 1.47 bits per heavy atom. The summed E-state index contributed by atoms with van der Waals surface area (Å²) in [6.45, 7) is 6.00. The van der Waals surface area contributed by atoms with Crippen molar-refractivity contribution in [3.8, 4) is 5.75 Å². The zero-order chi connectivity index (χ0) is 13.8. The van der Waals surface area contributed by atoms with Gasteiger partial charge in [-0.1, -0.05) is 19.1 Å². The van der Waals surface area contributed by atoms with E-state index in [0.717, 1.165) is 13.1 Å². The van der Waals surface area contributed by atoms with Gasteiger partial charge in [0.05, 0.1) is 0 Å². The third-order valence-corrected chi connectivity index (χ3v) is 3.94. The third-order valence-electron chi connectivity index (χ3n) is 3.94. The predicted molar refractivity (Wildman–Crippen MR) is 74.7 cm³/mol. The van der Waals surface area contributed by atoms with Crippen LogP contribution in [0.4, 0.5) is 4.39 Å². The van der Waals surface area contributed by atoms with E-state index in [1.807, 2.05) is 7.05 Å². The molecule has 106 valence electrons. The Kier molecular flexibility index (Phi) is 4.77. The van der Waals surface area contributed by atoms with Crippen LogP contribution in [0.3, 0.4) is 0 Å². The van der Waals surface area contributed by atoms with Crippen LogP contribution in [0.2, 0.25) is 0 Å². The summed E-state index contributed by atoms with van der Waals surface area (Å²) in [6, 6.07) is 5.30. The molecule has 0 bridgehead atoms. The lowest BCUT2D eigenvalue weighted by molar-refractivity contribution is 0.193. The summed E-state index contributed by atoms with van der Waals surface area (Å²) in [5.74, 6) is -0.755. The van der Waals surface area contributed by atoms with Crippen molar-refractivity contribution in [1.29, 1.82) is 0 Å². The Balaban J connectivity index is 1.94. The van der Waals surface area contributed by atoms with E-state index in [0.29, 0.717) is 18.2 Å². The maximum Gasteiger partial charge on any atom is 0.165 e. The van der Waals surface area contributed by atoms with Crippen LogP contribution in [-0.4, -0.2) is 47.6 Å². The highest BCUT2D eigenvalue weighted by atomic mass is 19.1. The molecule has 4 heteroatoms. The van der Waals surface area contributed by atoms with Crippen molar-refractivity contribution in [3.05, 3.63) is 29.6 Å². The average molecular weight is 266 g/mol. The number of phenols is 1. The number of hydrogen-bond acceptors (Lipinski definition) is 3. The Morgan fingerprint density at radius 2 is 2.26 bits per heavy atom. The summed E-state index contributed by atoms with van der Waals surface area (Å²) < 4.78 is 13.3. The molecule has 3 nitrogen and oxygen atoms in total. The molecule has 1 aliphatic heterocycles. The molecular weight excluding hydrogens is 243 g/mol. The number of benzene rings is 1. The zero-order valence-electron chi connectivity index (χ0n) is 11.8. The quantitative estimate of drug-likeness (QED) is 0.887. The van der Waals surface area contributed by atoms with Crippen LogP contribution in [0.25, 0.3) is 0 Å². The standard InChI is InChI=1S/C15H23FN2O/c1-3-18-9-5-7-13(18)11-17(2)10-12-6-4-8-14(16)15(12)19/h4,6,8,13,19H,3,5,7,9-11H2,1-2H3. The minimum atomic E-state index is -0.540. The van der Waals surface area contributed by atoms with Crippen LogP contribution in [0, 0.1) is 5.82 Å². The Bertz CT molecular complexity index is 425. The van der Waals surface area contributed by atoms with E-state index >= 15 is 0 Å². The number of phenolic OH excluding ortho intramolecular Hbond substituents is 1. The minimum Gasteiger partial charge on any atom is -0.505 e. The molecule has 1 aromatic rings. The summed E-state index contributed by atoms with van der Waals surface area (Å²) in [4.78, 5) is 4.65. The fraction of sp³-hybridized carbons (Fsp3) is 0.600. The maximum absolute atomic E-state index is 13.3. The number of hydrogen-bond donors (Lipinski definition) is 1. The van der Waals surface area contributed by atoms with Crippen molar-refractivity contribution in [3.63, 3.8) is 0 Å². The second kappa shape index (κ2) is 6.35. The molecule has 1 saturated heterocycles. The SMILES string of the molecule is CCN1CCCC1CN(C)Cc1cccc(F)c1O. The number of nitrogens with zero attached hydrogens (tertiary/aromatic N) is 2. The van der Waals surface area contributed by atoms with Crippen LogP contribution in [0.1, 0.15) is 25.3 Å². The molecule has 19 heavy (non-hydrogen) atoms. The van der Waals surface area contributed by atoms with Crippen LogP contribution < -0.4 is 0 Å². The topological polar surface area (TPSA) is 26.7 Å². The number of likely N-dealkylation sites (N-methyl/N-ethyl adjacent to an activating group) is 2. The number of rotatable bonds is 5. The summed E-state index contributed by atoms with van der Waals surface area (Å²) >= 11 is 0. The molecule has 0 radical (unpaired) electrons. The van der Waals surface area contributed by atoms with E-state index in [4.69, 9.17) is 0 Å². The number of para-hydroxylation sites is 1. The molecule has 0 spiro atoms. The van der Waals surface area contributed by atoms with Gasteiger partial charge in [0.1, 0.15) is 0 Å². The smallest absolute Gasteiger partial charge is 0.165 e. The molecule has 1 N–H and O–H groups in total. The van der Waals surface area contributed by atoms with Gasteiger partial charge in [-0.15, -0.1) is 0 Å². The van der Waals surface area contributed by atoms with Gasteiger partial charge in [-0.25, -0.2) is 4.39 Å². The molecule has 0 aromatic heterocycles. The van der Waals surface area contributed by atoms with Crippen molar-refractivity contribution in [2.45, 2.75) is 32.4 Å². The van der Waals surface area contributed by atoms with E-state index < -0.39 is 5.82 Å². The molecule has 0 amide bonds. The Labute approximate surface area is 114 Å². The van der Waals surface area contributed by atoms with E-state index in [1.54, 1.807) is 12.1 Å². The van der Waals surface area contributed by atoms with E-state index in [-0.39, 0.29) is 5.75 Å². The van der Waals surface area contributed by atoms with Gasteiger partial charge >= 0.3 is 0 Å². The number of likely N-dealkylation sites (tertiary alicyclic amines) is 1. The second-order valence-corrected chi connectivity index (χ2v) is 5.37. The lowest BCUT2D eigenvalue weighted by atomic mass is 10.1. The van der Waals surface area contributed by atoms with Crippen molar-refractivity contribution < 1.29 is 9.50 Å². The van der Waals surface area contributed by atoms with Crippen LogP contribution in [-0.2, 0) is 6.54 Å². The molecule has 1 unspecified atom stereocenters. The molecule has 0 aliphatic carbocycles. The molecule has 2 rings (SSSR count). The second-order valence-electron chi connectivity index (χ2n) is 5.37. The highest BCUT2D eigenvalue weighted by Gasteiger charge is 2.24. The largest absolute Gasteiger partial charge is 0.505 e. The maximum atomic E-state index is 13.3. The van der Waals surface area contributed by atoms with Gasteiger partial charge < -0.3 is 10.0 Å². The summed E-state index contributed by atoms with van der Waals surface area (Å²) in [5, 5.41) is 9.69. The highest BCUT2D eigenvalue weighted by molar-refractivity contribution is 5.33.